The molecule has 0 aromatic heterocycles. The summed E-state index contributed by atoms with van der Waals surface area (Å²) in [7, 11) is 0. The van der Waals surface area contributed by atoms with Gasteiger partial charge in [-0.1, -0.05) is 30.3 Å². The van der Waals surface area contributed by atoms with Gasteiger partial charge in [-0.25, -0.2) is 4.79 Å². The van der Waals surface area contributed by atoms with E-state index in [2.05, 4.69) is 5.32 Å². The van der Waals surface area contributed by atoms with Gasteiger partial charge in [0.2, 0.25) is 0 Å². The summed E-state index contributed by atoms with van der Waals surface area (Å²) < 4.78 is 5.12. The first kappa shape index (κ1) is 19.0. The number of nitrogens with one attached hydrogen (secondary N) is 1. The zero-order valence-electron chi connectivity index (χ0n) is 13.8. The molecule has 0 aliphatic heterocycles. The van der Waals surface area contributed by atoms with Crippen LogP contribution in [0.15, 0.2) is 30.3 Å². The van der Waals surface area contributed by atoms with Crippen molar-refractivity contribution in [1.29, 1.82) is 0 Å². The highest BCUT2D eigenvalue weighted by atomic mass is 16.6. The van der Waals surface area contributed by atoms with Gasteiger partial charge in [-0.15, -0.1) is 0 Å². The third-order valence-electron chi connectivity index (χ3n) is 3.18. The highest BCUT2D eigenvalue weighted by molar-refractivity contribution is 5.71. The summed E-state index contributed by atoms with van der Waals surface area (Å²) >= 11 is 0. The van der Waals surface area contributed by atoms with E-state index in [1.54, 1.807) is 20.8 Å². The minimum atomic E-state index is -0.960. The van der Waals surface area contributed by atoms with Gasteiger partial charge in [0.15, 0.2) is 0 Å². The summed E-state index contributed by atoms with van der Waals surface area (Å²) in [6.07, 6.45) is -0.205. The molecular weight excluding hydrogens is 298 g/mol. The molecule has 0 aliphatic rings. The summed E-state index contributed by atoms with van der Waals surface area (Å²) in [5.74, 6) is -1.66. The smallest absolute Gasteiger partial charge is 0.407 e. The first-order chi connectivity index (χ1) is 10.7. The van der Waals surface area contributed by atoms with Gasteiger partial charge in [0.1, 0.15) is 5.60 Å². The van der Waals surface area contributed by atoms with Crippen LogP contribution in [0.5, 0.6) is 0 Å². The van der Waals surface area contributed by atoms with Gasteiger partial charge in [-0.2, -0.15) is 0 Å². The molecule has 6 heteroatoms. The number of alkyl carbamates (subject to hydrolysis) is 1. The third-order valence-corrected chi connectivity index (χ3v) is 3.18. The van der Waals surface area contributed by atoms with Crippen molar-refractivity contribution in [1.82, 2.24) is 5.32 Å². The number of aliphatic hydroxyl groups excluding tert-OH is 1. The van der Waals surface area contributed by atoms with Gasteiger partial charge >= 0.3 is 12.1 Å². The van der Waals surface area contributed by atoms with Crippen molar-refractivity contribution < 1.29 is 24.5 Å². The number of carbonyl (C=O) groups excluding carboxylic acids is 1. The Morgan fingerprint density at radius 1 is 1.22 bits per heavy atom. The van der Waals surface area contributed by atoms with Crippen molar-refractivity contribution >= 4 is 12.1 Å². The standard InChI is InChI=1S/C17H25NO5/c1-17(2,3)23-16(22)18-14(11-19)10-13(15(20)21)9-12-7-5-4-6-8-12/h4-8,13-14,19H,9-11H2,1-3H3,(H,18,22)(H,20,21)/t13?,14-/m0/s1. The molecule has 6 nitrogen and oxygen atoms in total. The molecule has 1 amide bonds. The topological polar surface area (TPSA) is 95.9 Å². The number of benzene rings is 1. The minimum Gasteiger partial charge on any atom is -0.481 e. The Morgan fingerprint density at radius 3 is 2.30 bits per heavy atom. The number of rotatable bonds is 7. The lowest BCUT2D eigenvalue weighted by atomic mass is 9.93. The molecule has 0 heterocycles. The highest BCUT2D eigenvalue weighted by Gasteiger charge is 2.25. The maximum absolute atomic E-state index is 11.7. The lowest BCUT2D eigenvalue weighted by molar-refractivity contribution is -0.142. The number of hydrogen-bond acceptors (Lipinski definition) is 4. The second-order valence-corrected chi connectivity index (χ2v) is 6.49. The maximum atomic E-state index is 11.7. The van der Waals surface area contributed by atoms with E-state index in [9.17, 15) is 19.8 Å². The van der Waals surface area contributed by atoms with E-state index >= 15 is 0 Å². The van der Waals surface area contributed by atoms with E-state index in [-0.39, 0.29) is 13.0 Å². The highest BCUT2D eigenvalue weighted by Crippen LogP contribution is 2.15. The van der Waals surface area contributed by atoms with Crippen LogP contribution >= 0.6 is 0 Å². The zero-order chi connectivity index (χ0) is 17.5. The Labute approximate surface area is 136 Å². The third kappa shape index (κ3) is 7.65. The quantitative estimate of drug-likeness (QED) is 0.715. The number of ether oxygens (including phenoxy) is 1. The number of amides is 1. The molecule has 3 N–H and O–H groups in total. The van der Waals surface area contributed by atoms with Crippen molar-refractivity contribution in [3.63, 3.8) is 0 Å². The summed E-state index contributed by atoms with van der Waals surface area (Å²) in [5.41, 5.74) is 0.245. The van der Waals surface area contributed by atoms with E-state index in [4.69, 9.17) is 4.74 Å². The SMILES string of the molecule is CC(C)(C)OC(=O)N[C@H](CO)CC(Cc1ccccc1)C(=O)O. The Kier molecular flexibility index (Phi) is 7.03. The fraction of sp³-hybridized carbons (Fsp3) is 0.529. The van der Waals surface area contributed by atoms with Crippen LogP contribution in [0.3, 0.4) is 0 Å². The van der Waals surface area contributed by atoms with Gasteiger partial charge in [0, 0.05) is 0 Å². The largest absolute Gasteiger partial charge is 0.481 e. The van der Waals surface area contributed by atoms with Gasteiger partial charge < -0.3 is 20.3 Å². The van der Waals surface area contributed by atoms with Crippen molar-refractivity contribution in [2.75, 3.05) is 6.61 Å². The van der Waals surface area contributed by atoms with Gasteiger partial charge in [0.05, 0.1) is 18.6 Å². The fourth-order valence-corrected chi connectivity index (χ4v) is 2.17. The van der Waals surface area contributed by atoms with Crippen LogP contribution in [-0.4, -0.2) is 40.5 Å². The number of carbonyl (C=O) groups is 2. The van der Waals surface area contributed by atoms with Crippen molar-refractivity contribution in [3.8, 4) is 0 Å². The van der Waals surface area contributed by atoms with E-state index in [1.165, 1.54) is 0 Å². The molecule has 0 saturated carbocycles. The first-order valence-electron chi connectivity index (χ1n) is 7.58. The lowest BCUT2D eigenvalue weighted by Gasteiger charge is -2.24. The van der Waals surface area contributed by atoms with Crippen LogP contribution in [-0.2, 0) is 16.0 Å². The zero-order valence-corrected chi connectivity index (χ0v) is 13.8. The summed E-state index contributed by atoms with van der Waals surface area (Å²) in [5, 5.41) is 21.3. The molecule has 128 valence electrons. The molecule has 2 atom stereocenters. The molecule has 1 rings (SSSR count). The molecule has 0 radical (unpaired) electrons. The second kappa shape index (κ2) is 8.53. The van der Waals surface area contributed by atoms with E-state index in [1.807, 2.05) is 30.3 Å². The van der Waals surface area contributed by atoms with Crippen LogP contribution in [0.4, 0.5) is 4.79 Å². The average Bonchev–Trinajstić information content (AvgIpc) is 2.44. The summed E-state index contributed by atoms with van der Waals surface area (Å²) in [6, 6.07) is 8.58. The summed E-state index contributed by atoms with van der Waals surface area (Å²) in [6.45, 7) is 4.85. The van der Waals surface area contributed by atoms with Crippen LogP contribution in [0, 0.1) is 5.92 Å². The Morgan fingerprint density at radius 2 is 1.83 bits per heavy atom. The van der Waals surface area contributed by atoms with Gasteiger partial charge in [-0.05, 0) is 39.2 Å². The Balaban J connectivity index is 2.65. The Bertz CT molecular complexity index is 509. The number of aliphatic carboxylic acids is 1. The van der Waals surface area contributed by atoms with Crippen LogP contribution in [0.25, 0.3) is 0 Å². The molecule has 1 aromatic rings. The fourth-order valence-electron chi connectivity index (χ4n) is 2.17. The number of hydrogen-bond donors (Lipinski definition) is 3. The van der Waals surface area contributed by atoms with Gasteiger partial charge in [-0.3, -0.25) is 4.79 Å². The van der Waals surface area contributed by atoms with Crippen LogP contribution < -0.4 is 5.32 Å². The second-order valence-electron chi connectivity index (χ2n) is 6.49. The minimum absolute atomic E-state index is 0.125. The normalized spacial score (nSPS) is 13.9. The molecule has 1 unspecified atom stereocenters. The molecule has 0 aliphatic carbocycles. The number of aliphatic hydroxyl groups is 1. The molecule has 1 aromatic carbocycles. The Hall–Kier alpha value is -2.08. The lowest BCUT2D eigenvalue weighted by Crippen LogP contribution is -2.43. The molecule has 0 spiro atoms. The molecule has 0 saturated heterocycles. The molecular formula is C17H25NO5. The van der Waals surface area contributed by atoms with E-state index < -0.39 is 29.6 Å². The molecule has 23 heavy (non-hydrogen) atoms. The number of carboxylic acid groups (broad SMARTS) is 1. The van der Waals surface area contributed by atoms with E-state index in [0.29, 0.717) is 6.42 Å². The van der Waals surface area contributed by atoms with E-state index in [0.717, 1.165) is 5.56 Å². The molecule has 0 fully saturated rings. The first-order valence-corrected chi connectivity index (χ1v) is 7.58. The van der Waals surface area contributed by atoms with Gasteiger partial charge in [0.25, 0.3) is 0 Å². The predicted octanol–water partition coefficient (Wildman–Crippen LogP) is 2.21. The summed E-state index contributed by atoms with van der Waals surface area (Å²) in [4.78, 5) is 23.2. The number of carboxylic acids is 1. The van der Waals surface area contributed by atoms with Crippen LogP contribution in [0.1, 0.15) is 32.8 Å². The van der Waals surface area contributed by atoms with Crippen molar-refractivity contribution in [3.05, 3.63) is 35.9 Å². The van der Waals surface area contributed by atoms with Crippen molar-refractivity contribution in [2.24, 2.45) is 5.92 Å². The maximum Gasteiger partial charge on any atom is 0.407 e. The molecule has 0 bridgehead atoms. The monoisotopic (exact) mass is 323 g/mol. The van der Waals surface area contributed by atoms with Crippen molar-refractivity contribution in [2.45, 2.75) is 45.3 Å². The predicted molar refractivity (Wildman–Crippen MR) is 86.1 cm³/mol. The average molecular weight is 323 g/mol. The van der Waals surface area contributed by atoms with Crippen LogP contribution in [0.2, 0.25) is 0 Å².